The van der Waals surface area contributed by atoms with Gasteiger partial charge in [0.05, 0.1) is 0 Å². The van der Waals surface area contributed by atoms with Gasteiger partial charge in [-0.05, 0) is 51.4 Å². The average molecular weight is 253 g/mol. The Bertz CT molecular complexity index is 222. The lowest BCUT2D eigenvalue weighted by atomic mass is 9.77. The van der Waals surface area contributed by atoms with Crippen LogP contribution in [0.1, 0.15) is 86.0 Å². The maximum absolute atomic E-state index is 3.70. The molecule has 1 aliphatic carbocycles. The Hall–Kier alpha value is -0.0400. The molecule has 108 valence electrons. The van der Waals surface area contributed by atoms with Gasteiger partial charge in [0, 0.05) is 12.1 Å². The summed E-state index contributed by atoms with van der Waals surface area (Å²) >= 11 is 0. The van der Waals surface area contributed by atoms with Gasteiger partial charge < -0.3 is 5.32 Å². The van der Waals surface area contributed by atoms with Crippen molar-refractivity contribution in [1.29, 1.82) is 0 Å². The summed E-state index contributed by atoms with van der Waals surface area (Å²) in [7, 11) is 0. The van der Waals surface area contributed by atoms with Gasteiger partial charge in [-0.3, -0.25) is 0 Å². The summed E-state index contributed by atoms with van der Waals surface area (Å²) in [5.74, 6) is 1.03. The van der Waals surface area contributed by atoms with Gasteiger partial charge in [-0.2, -0.15) is 0 Å². The van der Waals surface area contributed by atoms with Gasteiger partial charge in [0.2, 0.25) is 0 Å². The van der Waals surface area contributed by atoms with Crippen molar-refractivity contribution in [2.24, 2.45) is 11.3 Å². The van der Waals surface area contributed by atoms with E-state index >= 15 is 0 Å². The maximum Gasteiger partial charge on any atom is 0.00967 e. The van der Waals surface area contributed by atoms with Crippen LogP contribution in [0.4, 0.5) is 0 Å². The van der Waals surface area contributed by atoms with Gasteiger partial charge in [-0.1, -0.05) is 46.0 Å². The Morgan fingerprint density at radius 3 is 2.11 bits per heavy atom. The van der Waals surface area contributed by atoms with Crippen molar-refractivity contribution in [3.8, 4) is 0 Å². The molecule has 1 N–H and O–H groups in total. The minimum atomic E-state index is 0.251. The molecule has 0 saturated heterocycles. The fraction of sp³-hybridized carbons (Fsp3) is 1.00. The van der Waals surface area contributed by atoms with E-state index in [0.29, 0.717) is 5.41 Å². The fourth-order valence-electron chi connectivity index (χ4n) is 2.90. The Morgan fingerprint density at radius 2 is 1.61 bits per heavy atom. The summed E-state index contributed by atoms with van der Waals surface area (Å²) < 4.78 is 0. The summed E-state index contributed by atoms with van der Waals surface area (Å²) in [6.45, 7) is 12.8. The first-order valence-corrected chi connectivity index (χ1v) is 8.10. The number of rotatable bonds is 6. The highest BCUT2D eigenvalue weighted by molar-refractivity contribution is 4.81. The van der Waals surface area contributed by atoms with Crippen LogP contribution in [0, 0.1) is 11.3 Å². The van der Waals surface area contributed by atoms with Crippen molar-refractivity contribution in [2.75, 3.05) is 6.54 Å². The molecule has 0 aromatic carbocycles. The summed E-state index contributed by atoms with van der Waals surface area (Å²) in [6.07, 6.45) is 11.6. The molecular formula is C17H35N. The van der Waals surface area contributed by atoms with Gasteiger partial charge in [0.25, 0.3) is 0 Å². The van der Waals surface area contributed by atoms with E-state index in [0.717, 1.165) is 5.92 Å². The molecule has 0 aliphatic heterocycles. The lowest BCUT2D eigenvalue weighted by molar-refractivity contribution is 0.206. The number of hydrogen-bond acceptors (Lipinski definition) is 1. The van der Waals surface area contributed by atoms with E-state index in [2.05, 4.69) is 39.9 Å². The van der Waals surface area contributed by atoms with Crippen molar-refractivity contribution in [3.63, 3.8) is 0 Å². The molecule has 1 aliphatic rings. The highest BCUT2D eigenvalue weighted by Gasteiger charge is 2.25. The standard InChI is InChI=1S/C17H35N/c1-6-17(5,14-18-16(2,3)4)13-12-15-10-8-7-9-11-15/h15,18H,6-14H2,1-5H3. The predicted molar refractivity (Wildman–Crippen MR) is 82.0 cm³/mol. The van der Waals surface area contributed by atoms with Crippen LogP contribution in [0.15, 0.2) is 0 Å². The molecule has 1 saturated carbocycles. The molecule has 0 bridgehead atoms. The molecule has 1 heteroatoms. The summed E-state index contributed by atoms with van der Waals surface area (Å²) in [4.78, 5) is 0. The van der Waals surface area contributed by atoms with Crippen LogP contribution >= 0.6 is 0 Å². The Labute approximate surface area is 115 Å². The van der Waals surface area contributed by atoms with Gasteiger partial charge in [0.15, 0.2) is 0 Å². The van der Waals surface area contributed by atoms with E-state index < -0.39 is 0 Å². The van der Waals surface area contributed by atoms with E-state index in [1.807, 2.05) is 0 Å². The van der Waals surface area contributed by atoms with Gasteiger partial charge in [0.1, 0.15) is 0 Å². The SMILES string of the molecule is CCC(C)(CCC1CCCCC1)CNC(C)(C)C. The molecule has 0 radical (unpaired) electrons. The molecule has 1 fully saturated rings. The third-order valence-electron chi connectivity index (χ3n) is 4.78. The van der Waals surface area contributed by atoms with Crippen LogP contribution in [0.2, 0.25) is 0 Å². The molecule has 0 heterocycles. The zero-order chi connectivity index (χ0) is 13.6. The monoisotopic (exact) mass is 253 g/mol. The topological polar surface area (TPSA) is 12.0 Å². The van der Waals surface area contributed by atoms with Crippen molar-refractivity contribution in [3.05, 3.63) is 0 Å². The molecule has 0 aromatic rings. The highest BCUT2D eigenvalue weighted by Crippen LogP contribution is 2.34. The van der Waals surface area contributed by atoms with Crippen LogP contribution in [-0.4, -0.2) is 12.1 Å². The largest absolute Gasteiger partial charge is 0.312 e. The first kappa shape index (κ1) is 16.0. The van der Waals surface area contributed by atoms with E-state index in [4.69, 9.17) is 0 Å². The van der Waals surface area contributed by atoms with Crippen LogP contribution < -0.4 is 5.32 Å². The summed E-state index contributed by atoms with van der Waals surface area (Å²) in [6, 6.07) is 0. The number of hydrogen-bond donors (Lipinski definition) is 1. The maximum atomic E-state index is 3.70. The first-order valence-electron chi connectivity index (χ1n) is 8.10. The molecule has 0 aromatic heterocycles. The van der Waals surface area contributed by atoms with Crippen molar-refractivity contribution < 1.29 is 0 Å². The Balaban J connectivity index is 2.34. The second kappa shape index (κ2) is 6.93. The van der Waals surface area contributed by atoms with Crippen LogP contribution in [-0.2, 0) is 0 Å². The van der Waals surface area contributed by atoms with E-state index in [1.165, 1.54) is 57.9 Å². The zero-order valence-corrected chi connectivity index (χ0v) is 13.4. The Kier molecular flexibility index (Phi) is 6.17. The normalized spacial score (nSPS) is 21.8. The predicted octanol–water partition coefficient (Wildman–Crippen LogP) is 5.15. The van der Waals surface area contributed by atoms with E-state index in [9.17, 15) is 0 Å². The fourth-order valence-corrected chi connectivity index (χ4v) is 2.90. The van der Waals surface area contributed by atoms with Crippen molar-refractivity contribution in [1.82, 2.24) is 5.32 Å². The molecule has 0 amide bonds. The lowest BCUT2D eigenvalue weighted by Crippen LogP contribution is -2.42. The van der Waals surface area contributed by atoms with E-state index in [1.54, 1.807) is 0 Å². The minimum Gasteiger partial charge on any atom is -0.312 e. The van der Waals surface area contributed by atoms with Crippen LogP contribution in [0.25, 0.3) is 0 Å². The second-order valence-corrected chi connectivity index (χ2v) is 7.81. The zero-order valence-electron chi connectivity index (χ0n) is 13.4. The van der Waals surface area contributed by atoms with Crippen LogP contribution in [0.5, 0.6) is 0 Å². The average Bonchev–Trinajstić information content (AvgIpc) is 2.34. The third-order valence-corrected chi connectivity index (χ3v) is 4.78. The molecular weight excluding hydrogens is 218 g/mol. The molecule has 0 spiro atoms. The number of nitrogens with one attached hydrogen (secondary N) is 1. The van der Waals surface area contributed by atoms with Crippen LogP contribution in [0.3, 0.4) is 0 Å². The quantitative estimate of drug-likeness (QED) is 0.690. The Morgan fingerprint density at radius 1 is 1.00 bits per heavy atom. The highest BCUT2D eigenvalue weighted by atomic mass is 15.0. The van der Waals surface area contributed by atoms with E-state index in [-0.39, 0.29) is 5.54 Å². The molecule has 18 heavy (non-hydrogen) atoms. The van der Waals surface area contributed by atoms with Crippen molar-refractivity contribution in [2.45, 2.75) is 91.5 Å². The van der Waals surface area contributed by atoms with Crippen molar-refractivity contribution >= 4 is 0 Å². The molecule has 1 atom stereocenters. The first-order chi connectivity index (χ1) is 8.35. The second-order valence-electron chi connectivity index (χ2n) is 7.81. The summed E-state index contributed by atoms with van der Waals surface area (Å²) in [5, 5.41) is 3.70. The van der Waals surface area contributed by atoms with Gasteiger partial charge in [-0.15, -0.1) is 0 Å². The molecule has 1 unspecified atom stereocenters. The van der Waals surface area contributed by atoms with Gasteiger partial charge in [-0.25, -0.2) is 0 Å². The third kappa shape index (κ3) is 6.22. The lowest BCUT2D eigenvalue weighted by Gasteiger charge is -2.34. The molecule has 1 rings (SSSR count). The smallest absolute Gasteiger partial charge is 0.00967 e. The minimum absolute atomic E-state index is 0.251. The molecule has 1 nitrogen and oxygen atoms in total. The summed E-state index contributed by atoms with van der Waals surface area (Å²) in [5.41, 5.74) is 0.742. The van der Waals surface area contributed by atoms with Gasteiger partial charge >= 0.3 is 0 Å².